The maximum atomic E-state index is 13.9. The molecule has 0 aromatic heterocycles. The van der Waals surface area contributed by atoms with E-state index in [0.717, 1.165) is 37.8 Å². The van der Waals surface area contributed by atoms with E-state index >= 15 is 0 Å². The average Bonchev–Trinajstić information content (AvgIpc) is 2.62. The minimum absolute atomic E-state index is 0.00699. The Labute approximate surface area is 133 Å². The quantitative estimate of drug-likeness (QED) is 0.657. The topological polar surface area (TPSA) is 20.3 Å². The summed E-state index contributed by atoms with van der Waals surface area (Å²) in [5, 5.41) is 0.624. The standard InChI is InChI=1S/C14H15Br2F2NO/c15-8-10-4-2-1-3-5-19(10)14(20)13-11(17)6-9(16)7-12(13)18/h6-7,10H,1-5,8H2. The minimum Gasteiger partial charge on any atom is -0.335 e. The fourth-order valence-electron chi connectivity index (χ4n) is 2.50. The second-order valence-electron chi connectivity index (χ2n) is 4.90. The molecule has 6 heteroatoms. The number of likely N-dealkylation sites (tertiary alicyclic amines) is 1. The molecule has 1 aromatic rings. The highest BCUT2D eigenvalue weighted by Crippen LogP contribution is 2.25. The van der Waals surface area contributed by atoms with Crippen molar-refractivity contribution in [1.29, 1.82) is 0 Å². The number of amides is 1. The van der Waals surface area contributed by atoms with Crippen molar-refractivity contribution < 1.29 is 13.6 Å². The lowest BCUT2D eigenvalue weighted by molar-refractivity contribution is 0.0692. The van der Waals surface area contributed by atoms with Gasteiger partial charge in [-0.05, 0) is 25.0 Å². The van der Waals surface area contributed by atoms with Gasteiger partial charge in [0.2, 0.25) is 0 Å². The average molecular weight is 411 g/mol. The fourth-order valence-corrected chi connectivity index (χ4v) is 3.57. The number of hydrogen-bond donors (Lipinski definition) is 0. The molecule has 2 nitrogen and oxygen atoms in total. The predicted octanol–water partition coefficient (Wildman–Crippen LogP) is 4.51. The molecule has 1 fully saturated rings. The summed E-state index contributed by atoms with van der Waals surface area (Å²) in [6.45, 7) is 0.546. The van der Waals surface area contributed by atoms with Crippen molar-refractivity contribution in [3.63, 3.8) is 0 Å². The summed E-state index contributed by atoms with van der Waals surface area (Å²) in [4.78, 5) is 14.1. The molecule has 1 heterocycles. The molecule has 2 rings (SSSR count). The molecule has 0 saturated carbocycles. The number of benzene rings is 1. The summed E-state index contributed by atoms with van der Waals surface area (Å²) in [5.41, 5.74) is -0.457. The Hall–Kier alpha value is -0.490. The van der Waals surface area contributed by atoms with Crippen molar-refractivity contribution in [2.24, 2.45) is 0 Å². The van der Waals surface area contributed by atoms with Crippen molar-refractivity contribution in [3.05, 3.63) is 33.8 Å². The summed E-state index contributed by atoms with van der Waals surface area (Å²) >= 11 is 6.40. The van der Waals surface area contributed by atoms with Gasteiger partial charge in [-0.25, -0.2) is 8.78 Å². The normalized spacial score (nSPS) is 19.8. The molecule has 1 aliphatic rings. The molecule has 0 aliphatic carbocycles. The van der Waals surface area contributed by atoms with Crippen LogP contribution in [0.3, 0.4) is 0 Å². The monoisotopic (exact) mass is 409 g/mol. The van der Waals surface area contributed by atoms with E-state index in [1.165, 1.54) is 0 Å². The van der Waals surface area contributed by atoms with Crippen LogP contribution >= 0.6 is 31.9 Å². The van der Waals surface area contributed by atoms with Crippen molar-refractivity contribution in [1.82, 2.24) is 4.90 Å². The Morgan fingerprint density at radius 3 is 2.50 bits per heavy atom. The highest BCUT2D eigenvalue weighted by Gasteiger charge is 2.29. The zero-order valence-electron chi connectivity index (χ0n) is 10.8. The van der Waals surface area contributed by atoms with Crippen molar-refractivity contribution in [2.45, 2.75) is 31.7 Å². The summed E-state index contributed by atoms with van der Waals surface area (Å²) < 4.78 is 28.1. The number of nitrogens with zero attached hydrogens (tertiary/aromatic N) is 1. The van der Waals surface area contributed by atoms with Crippen molar-refractivity contribution in [2.75, 3.05) is 11.9 Å². The first-order valence-electron chi connectivity index (χ1n) is 6.56. The van der Waals surface area contributed by atoms with Crippen LogP contribution in [0.5, 0.6) is 0 Å². The Kier molecular flexibility index (Phi) is 5.55. The van der Waals surface area contributed by atoms with Gasteiger partial charge in [0, 0.05) is 22.4 Å². The number of carbonyl (C=O) groups is 1. The fraction of sp³-hybridized carbons (Fsp3) is 0.500. The second kappa shape index (κ2) is 6.98. The molecule has 0 bridgehead atoms. The van der Waals surface area contributed by atoms with E-state index < -0.39 is 23.1 Å². The lowest BCUT2D eigenvalue weighted by Gasteiger charge is -2.29. The Morgan fingerprint density at radius 1 is 1.25 bits per heavy atom. The summed E-state index contributed by atoms with van der Waals surface area (Å²) in [7, 11) is 0. The SMILES string of the molecule is O=C(c1c(F)cc(Br)cc1F)N1CCCCCC1CBr. The van der Waals surface area contributed by atoms with Gasteiger partial charge in [-0.2, -0.15) is 0 Å². The van der Waals surface area contributed by atoms with Crippen LogP contribution in [0.25, 0.3) is 0 Å². The Morgan fingerprint density at radius 2 is 1.90 bits per heavy atom. The molecule has 0 radical (unpaired) electrons. The smallest absolute Gasteiger partial charge is 0.260 e. The molecule has 1 amide bonds. The van der Waals surface area contributed by atoms with Crippen LogP contribution in [0.2, 0.25) is 0 Å². The van der Waals surface area contributed by atoms with Crippen LogP contribution in [0.1, 0.15) is 36.0 Å². The zero-order valence-corrected chi connectivity index (χ0v) is 14.0. The third-order valence-corrected chi connectivity index (χ3v) is 4.74. The lowest BCUT2D eigenvalue weighted by atomic mass is 10.1. The Bertz CT molecular complexity index is 487. The lowest BCUT2D eigenvalue weighted by Crippen LogP contribution is -2.41. The first kappa shape index (κ1) is 15.9. The third-order valence-electron chi connectivity index (χ3n) is 3.54. The molecule has 1 saturated heterocycles. The van der Waals surface area contributed by atoms with Crippen LogP contribution in [-0.2, 0) is 0 Å². The molecule has 0 spiro atoms. The van der Waals surface area contributed by atoms with E-state index in [0.29, 0.717) is 11.9 Å². The van der Waals surface area contributed by atoms with Crippen LogP contribution in [-0.4, -0.2) is 28.7 Å². The highest BCUT2D eigenvalue weighted by molar-refractivity contribution is 9.10. The predicted molar refractivity (Wildman–Crippen MR) is 81.1 cm³/mol. The van der Waals surface area contributed by atoms with Crippen molar-refractivity contribution in [3.8, 4) is 0 Å². The van der Waals surface area contributed by atoms with E-state index in [9.17, 15) is 13.6 Å². The number of rotatable bonds is 2. The van der Waals surface area contributed by atoms with Gasteiger partial charge in [0.1, 0.15) is 17.2 Å². The van der Waals surface area contributed by atoms with Crippen LogP contribution < -0.4 is 0 Å². The van der Waals surface area contributed by atoms with E-state index in [4.69, 9.17) is 0 Å². The van der Waals surface area contributed by atoms with Gasteiger partial charge < -0.3 is 4.90 Å². The van der Waals surface area contributed by atoms with Crippen LogP contribution in [0.4, 0.5) is 8.78 Å². The van der Waals surface area contributed by atoms with E-state index in [-0.39, 0.29) is 10.5 Å². The summed E-state index contributed by atoms with van der Waals surface area (Å²) in [6.07, 6.45) is 3.80. The van der Waals surface area contributed by atoms with Crippen molar-refractivity contribution >= 4 is 37.8 Å². The molecule has 1 unspecified atom stereocenters. The second-order valence-corrected chi connectivity index (χ2v) is 6.46. The highest BCUT2D eigenvalue weighted by atomic mass is 79.9. The molecule has 20 heavy (non-hydrogen) atoms. The first-order chi connectivity index (χ1) is 9.54. The van der Waals surface area contributed by atoms with E-state index in [1.807, 2.05) is 0 Å². The zero-order chi connectivity index (χ0) is 14.7. The molecule has 1 atom stereocenters. The van der Waals surface area contributed by atoms with Gasteiger partial charge in [-0.15, -0.1) is 0 Å². The number of hydrogen-bond acceptors (Lipinski definition) is 1. The molecular weight excluding hydrogens is 396 g/mol. The van der Waals surface area contributed by atoms with Gasteiger partial charge in [0.05, 0.1) is 0 Å². The van der Waals surface area contributed by atoms with Gasteiger partial charge in [0.15, 0.2) is 0 Å². The number of halogens is 4. The summed E-state index contributed by atoms with van der Waals surface area (Å²) in [5.74, 6) is -2.20. The molecule has 0 N–H and O–H groups in total. The van der Waals surface area contributed by atoms with Gasteiger partial charge >= 0.3 is 0 Å². The minimum atomic E-state index is -0.820. The Balaban J connectivity index is 2.34. The molecule has 110 valence electrons. The van der Waals surface area contributed by atoms with Gasteiger partial charge in [0.25, 0.3) is 5.91 Å². The maximum Gasteiger partial charge on any atom is 0.260 e. The van der Waals surface area contributed by atoms with Crippen LogP contribution in [0, 0.1) is 11.6 Å². The number of alkyl halides is 1. The van der Waals surface area contributed by atoms with E-state index in [1.54, 1.807) is 4.90 Å². The van der Waals surface area contributed by atoms with Gasteiger partial charge in [-0.1, -0.05) is 44.7 Å². The maximum absolute atomic E-state index is 13.9. The molecular formula is C14H15Br2F2NO. The first-order valence-corrected chi connectivity index (χ1v) is 8.47. The number of carbonyl (C=O) groups excluding carboxylic acids is 1. The third kappa shape index (κ3) is 3.39. The van der Waals surface area contributed by atoms with Crippen LogP contribution in [0.15, 0.2) is 16.6 Å². The molecule has 1 aliphatic heterocycles. The van der Waals surface area contributed by atoms with Gasteiger partial charge in [-0.3, -0.25) is 4.79 Å². The largest absolute Gasteiger partial charge is 0.335 e. The molecule has 1 aromatic carbocycles. The van der Waals surface area contributed by atoms with E-state index in [2.05, 4.69) is 31.9 Å². The summed E-state index contributed by atoms with van der Waals surface area (Å²) in [6, 6.07) is 2.24.